The molecular formula is C22H21ClN2O3. The smallest absolute Gasteiger partial charge is 0.158 e. The summed E-state index contributed by atoms with van der Waals surface area (Å²) in [6.45, 7) is 6.79. The van der Waals surface area contributed by atoms with Crippen LogP contribution in [0.1, 0.15) is 37.9 Å². The second-order valence-corrected chi connectivity index (χ2v) is 7.54. The molecule has 3 aromatic rings. The molecule has 2 aromatic carbocycles. The minimum Gasteiger partial charge on any atom is -0.489 e. The van der Waals surface area contributed by atoms with Gasteiger partial charge in [-0.05, 0) is 56.2 Å². The van der Waals surface area contributed by atoms with Crippen molar-refractivity contribution in [1.29, 1.82) is 0 Å². The van der Waals surface area contributed by atoms with Gasteiger partial charge < -0.3 is 9.47 Å². The molecule has 28 heavy (non-hydrogen) atoms. The van der Waals surface area contributed by atoms with Crippen molar-refractivity contribution < 1.29 is 14.3 Å². The molecular weight excluding hydrogens is 376 g/mol. The van der Waals surface area contributed by atoms with E-state index in [2.05, 4.69) is 18.9 Å². The molecule has 4 rings (SSSR count). The highest BCUT2D eigenvalue weighted by atomic mass is 35.5. The fraction of sp³-hybridized carbons (Fsp3) is 0.273. The van der Waals surface area contributed by atoms with Crippen molar-refractivity contribution in [3.8, 4) is 11.5 Å². The molecule has 5 nitrogen and oxygen atoms in total. The van der Waals surface area contributed by atoms with Crippen molar-refractivity contribution in [3.05, 3.63) is 58.3 Å². The first kappa shape index (κ1) is 18.6. The molecule has 0 fully saturated rings. The highest BCUT2D eigenvalue weighted by Crippen LogP contribution is 2.35. The molecule has 0 radical (unpaired) electrons. The Morgan fingerprint density at radius 3 is 2.86 bits per heavy atom. The number of carbonyl (C=O) groups excluding carboxylic acids is 1. The van der Waals surface area contributed by atoms with E-state index >= 15 is 0 Å². The number of ether oxygens (including phenoxy) is 2. The number of fused-ring (bicyclic) bond motifs is 2. The van der Waals surface area contributed by atoms with Gasteiger partial charge in [-0.2, -0.15) is 5.10 Å². The van der Waals surface area contributed by atoms with E-state index in [9.17, 15) is 4.79 Å². The van der Waals surface area contributed by atoms with Gasteiger partial charge in [-0.3, -0.25) is 9.48 Å². The van der Waals surface area contributed by atoms with E-state index in [0.29, 0.717) is 29.7 Å². The third-order valence-corrected chi connectivity index (χ3v) is 5.26. The van der Waals surface area contributed by atoms with Gasteiger partial charge in [-0.25, -0.2) is 0 Å². The third-order valence-electron chi connectivity index (χ3n) is 4.98. The fourth-order valence-corrected chi connectivity index (χ4v) is 3.61. The molecule has 0 aliphatic carbocycles. The van der Waals surface area contributed by atoms with Crippen LogP contribution in [0.5, 0.6) is 11.5 Å². The van der Waals surface area contributed by atoms with E-state index in [0.717, 1.165) is 39.6 Å². The Morgan fingerprint density at radius 2 is 2.11 bits per heavy atom. The summed E-state index contributed by atoms with van der Waals surface area (Å²) >= 11 is 6.31. The van der Waals surface area contributed by atoms with Gasteiger partial charge in [0.05, 0.1) is 5.52 Å². The van der Waals surface area contributed by atoms with Gasteiger partial charge in [0.25, 0.3) is 0 Å². The van der Waals surface area contributed by atoms with Crippen LogP contribution >= 0.6 is 11.6 Å². The lowest BCUT2D eigenvalue weighted by Crippen LogP contribution is -2.11. The molecule has 144 valence electrons. The number of benzene rings is 2. The lowest BCUT2D eigenvalue weighted by atomic mass is 9.99. The lowest BCUT2D eigenvalue weighted by molar-refractivity contribution is -0.105. The van der Waals surface area contributed by atoms with Gasteiger partial charge in [-0.15, -0.1) is 0 Å². The van der Waals surface area contributed by atoms with Crippen LogP contribution in [0, 0.1) is 0 Å². The molecule has 0 unspecified atom stereocenters. The number of allylic oxidation sites excluding steroid dienone is 1. The molecule has 0 spiro atoms. The molecule has 0 bridgehead atoms. The van der Waals surface area contributed by atoms with Crippen molar-refractivity contribution in [3.63, 3.8) is 0 Å². The second-order valence-electron chi connectivity index (χ2n) is 7.18. The van der Waals surface area contributed by atoms with Gasteiger partial charge >= 0.3 is 0 Å². The van der Waals surface area contributed by atoms with Crippen LogP contribution in [-0.4, -0.2) is 22.7 Å². The van der Waals surface area contributed by atoms with Crippen molar-refractivity contribution in [1.82, 2.24) is 9.78 Å². The van der Waals surface area contributed by atoms with Crippen LogP contribution in [0.3, 0.4) is 0 Å². The predicted molar refractivity (Wildman–Crippen MR) is 110 cm³/mol. The minimum absolute atomic E-state index is 0.241. The van der Waals surface area contributed by atoms with E-state index in [1.54, 1.807) is 0 Å². The maximum Gasteiger partial charge on any atom is 0.158 e. The Morgan fingerprint density at radius 1 is 1.29 bits per heavy atom. The molecule has 1 aromatic heterocycles. The van der Waals surface area contributed by atoms with Gasteiger partial charge in [-0.1, -0.05) is 17.7 Å². The highest BCUT2D eigenvalue weighted by molar-refractivity contribution is 6.34. The number of aromatic nitrogens is 2. The van der Waals surface area contributed by atoms with Crippen LogP contribution in [-0.2, 0) is 11.4 Å². The highest BCUT2D eigenvalue weighted by Gasteiger charge is 2.17. The van der Waals surface area contributed by atoms with Crippen molar-refractivity contribution >= 4 is 34.4 Å². The van der Waals surface area contributed by atoms with Crippen LogP contribution in [0.15, 0.2) is 42.0 Å². The molecule has 0 saturated heterocycles. The SMILES string of the molecule is CC1=C(C=O)COc2cc(OCc3ccc4c(c3)c(Cl)nn4C(C)C)ccc21. The maximum atomic E-state index is 11.1. The quantitative estimate of drug-likeness (QED) is 0.555. The monoisotopic (exact) mass is 396 g/mol. The summed E-state index contributed by atoms with van der Waals surface area (Å²) in [5, 5.41) is 5.84. The summed E-state index contributed by atoms with van der Waals surface area (Å²) in [6.07, 6.45) is 0.853. The van der Waals surface area contributed by atoms with Crippen molar-refractivity contribution in [2.24, 2.45) is 0 Å². The van der Waals surface area contributed by atoms with Gasteiger partial charge in [0.2, 0.25) is 0 Å². The number of hydrogen-bond donors (Lipinski definition) is 0. The third kappa shape index (κ3) is 3.27. The molecule has 1 aliphatic heterocycles. The molecule has 0 N–H and O–H groups in total. The zero-order chi connectivity index (χ0) is 19.8. The number of nitrogens with zero attached hydrogens (tertiary/aromatic N) is 2. The number of carbonyl (C=O) groups is 1. The Hall–Kier alpha value is -2.79. The topological polar surface area (TPSA) is 53.4 Å². The fourth-order valence-electron chi connectivity index (χ4n) is 3.38. The molecule has 0 atom stereocenters. The zero-order valence-corrected chi connectivity index (χ0v) is 16.8. The van der Waals surface area contributed by atoms with Crippen molar-refractivity contribution in [2.45, 2.75) is 33.4 Å². The summed E-state index contributed by atoms with van der Waals surface area (Å²) in [4.78, 5) is 11.1. The minimum atomic E-state index is 0.241. The standard InChI is InChI=1S/C22H21ClN2O3/c1-13(2)25-20-7-4-15(8-19(20)22(23)24-25)11-27-17-5-6-18-14(3)16(10-26)12-28-21(18)9-17/h4-10,13H,11-12H2,1-3H3. The van der Waals surface area contributed by atoms with E-state index in [1.807, 2.05) is 48.0 Å². The van der Waals surface area contributed by atoms with Gasteiger partial charge in [0.15, 0.2) is 5.15 Å². The van der Waals surface area contributed by atoms with E-state index in [-0.39, 0.29) is 6.04 Å². The molecule has 0 saturated carbocycles. The van der Waals surface area contributed by atoms with E-state index < -0.39 is 0 Å². The first-order valence-corrected chi connectivity index (χ1v) is 9.57. The molecule has 1 aliphatic rings. The first-order chi connectivity index (χ1) is 13.5. The lowest BCUT2D eigenvalue weighted by Gasteiger charge is -2.20. The Labute approximate surface area is 168 Å². The Kier molecular flexibility index (Phi) is 4.85. The summed E-state index contributed by atoms with van der Waals surface area (Å²) in [6, 6.07) is 12.0. The summed E-state index contributed by atoms with van der Waals surface area (Å²) < 4.78 is 13.6. The normalized spacial score (nSPS) is 13.6. The number of aldehydes is 1. The van der Waals surface area contributed by atoms with Crippen LogP contribution in [0.2, 0.25) is 5.15 Å². The Balaban J connectivity index is 1.55. The molecule has 0 amide bonds. The van der Waals surface area contributed by atoms with E-state index in [1.165, 1.54) is 0 Å². The van der Waals surface area contributed by atoms with Gasteiger partial charge in [0, 0.05) is 28.6 Å². The summed E-state index contributed by atoms with van der Waals surface area (Å²) in [5.41, 5.74) is 4.57. The average Bonchev–Trinajstić information content (AvgIpc) is 3.03. The Bertz CT molecular complexity index is 1100. The van der Waals surface area contributed by atoms with Crippen molar-refractivity contribution in [2.75, 3.05) is 6.61 Å². The number of rotatable bonds is 5. The molecule has 2 heterocycles. The zero-order valence-electron chi connectivity index (χ0n) is 16.0. The summed E-state index contributed by atoms with van der Waals surface area (Å²) in [7, 11) is 0. The second kappa shape index (κ2) is 7.32. The first-order valence-electron chi connectivity index (χ1n) is 9.19. The predicted octanol–water partition coefficient (Wildman–Crippen LogP) is 5.21. The number of hydrogen-bond acceptors (Lipinski definition) is 4. The average molecular weight is 397 g/mol. The summed E-state index contributed by atoms with van der Waals surface area (Å²) in [5.74, 6) is 1.45. The molecule has 6 heteroatoms. The van der Waals surface area contributed by atoms with Crippen LogP contribution in [0.25, 0.3) is 16.5 Å². The van der Waals surface area contributed by atoms with Crippen LogP contribution in [0.4, 0.5) is 0 Å². The maximum absolute atomic E-state index is 11.1. The largest absolute Gasteiger partial charge is 0.489 e. The van der Waals surface area contributed by atoms with Crippen LogP contribution < -0.4 is 9.47 Å². The van der Waals surface area contributed by atoms with E-state index in [4.69, 9.17) is 21.1 Å². The number of halogens is 1. The van der Waals surface area contributed by atoms with Gasteiger partial charge in [0.1, 0.15) is 31.0 Å².